The molecule has 2 rings (SSSR count). The number of alkyl halides is 3. The van der Waals surface area contributed by atoms with Gasteiger partial charge >= 0.3 is 12.1 Å². The summed E-state index contributed by atoms with van der Waals surface area (Å²) in [6.07, 6.45) is -2.87. The van der Waals surface area contributed by atoms with Crippen LogP contribution in [0.4, 0.5) is 13.2 Å². The number of aliphatic carboxylic acids is 1. The molecular formula is C15H16F3NO3. The molecule has 1 aromatic rings. The summed E-state index contributed by atoms with van der Waals surface area (Å²) in [6, 6.07) is 3.96. The summed E-state index contributed by atoms with van der Waals surface area (Å²) in [7, 11) is 0. The van der Waals surface area contributed by atoms with E-state index in [1.165, 1.54) is 11.8 Å². The average molecular weight is 315 g/mol. The second kappa shape index (κ2) is 5.98. The van der Waals surface area contributed by atoms with Crippen LogP contribution in [-0.2, 0) is 11.0 Å². The first-order valence-electron chi connectivity index (χ1n) is 6.91. The van der Waals surface area contributed by atoms with Crippen molar-refractivity contribution in [2.75, 3.05) is 6.54 Å². The Balaban J connectivity index is 2.15. The van der Waals surface area contributed by atoms with Crippen molar-refractivity contribution in [3.05, 3.63) is 35.4 Å². The molecule has 1 fully saturated rings. The molecule has 7 heteroatoms. The van der Waals surface area contributed by atoms with Crippen LogP contribution < -0.4 is 0 Å². The molecule has 4 nitrogen and oxygen atoms in total. The summed E-state index contributed by atoms with van der Waals surface area (Å²) < 4.78 is 37.6. The van der Waals surface area contributed by atoms with Crippen LogP contribution in [0.1, 0.15) is 35.7 Å². The van der Waals surface area contributed by atoms with Crippen molar-refractivity contribution in [3.63, 3.8) is 0 Å². The topological polar surface area (TPSA) is 57.6 Å². The molecule has 0 heterocycles. The summed E-state index contributed by atoms with van der Waals surface area (Å²) in [4.78, 5) is 24.8. The highest BCUT2D eigenvalue weighted by Gasteiger charge is 2.35. The number of carboxylic acids is 1. The lowest BCUT2D eigenvalue weighted by Gasteiger charge is -2.24. The molecule has 0 unspecified atom stereocenters. The number of carboxylic acid groups (broad SMARTS) is 1. The van der Waals surface area contributed by atoms with Gasteiger partial charge in [0, 0.05) is 18.2 Å². The summed E-state index contributed by atoms with van der Waals surface area (Å²) in [5.41, 5.74) is -0.682. The maximum atomic E-state index is 12.5. The minimum atomic E-state index is -4.45. The van der Waals surface area contributed by atoms with Crippen molar-refractivity contribution in [2.45, 2.75) is 32.0 Å². The maximum absolute atomic E-state index is 12.5. The van der Waals surface area contributed by atoms with Gasteiger partial charge in [-0.1, -0.05) is 6.92 Å². The Morgan fingerprint density at radius 1 is 1.27 bits per heavy atom. The van der Waals surface area contributed by atoms with E-state index in [2.05, 4.69) is 0 Å². The molecule has 0 aromatic heterocycles. The molecule has 1 aliphatic carbocycles. The van der Waals surface area contributed by atoms with Gasteiger partial charge in [0.1, 0.15) is 0 Å². The zero-order valence-electron chi connectivity index (χ0n) is 11.9. The molecule has 1 saturated carbocycles. The van der Waals surface area contributed by atoms with Crippen LogP contribution >= 0.6 is 0 Å². The van der Waals surface area contributed by atoms with Gasteiger partial charge in [-0.05, 0) is 37.1 Å². The predicted octanol–water partition coefficient (Wildman–Crippen LogP) is 3.03. The van der Waals surface area contributed by atoms with Gasteiger partial charge in [0.25, 0.3) is 5.91 Å². The standard InChI is InChI=1S/C15H16F3NO3/c1-9(14(21)22)8-19(12-6-7-12)13(20)10-2-4-11(5-3-10)15(16,17)18/h2-5,9,12H,6-8H2,1H3,(H,21,22)/t9-/m1/s1. The fraction of sp³-hybridized carbons (Fsp3) is 0.467. The lowest BCUT2D eigenvalue weighted by atomic mass is 10.1. The van der Waals surface area contributed by atoms with Gasteiger partial charge in [0.05, 0.1) is 11.5 Å². The van der Waals surface area contributed by atoms with E-state index in [0.29, 0.717) is 0 Å². The first kappa shape index (κ1) is 16.3. The number of carbonyl (C=O) groups is 2. The molecule has 0 spiro atoms. The summed E-state index contributed by atoms with van der Waals surface area (Å²) in [6.45, 7) is 1.55. The SMILES string of the molecule is C[C@H](CN(C(=O)c1ccc(C(F)(F)F)cc1)C1CC1)C(=O)O. The Morgan fingerprint density at radius 3 is 2.23 bits per heavy atom. The Morgan fingerprint density at radius 2 is 1.82 bits per heavy atom. The van der Waals surface area contributed by atoms with Crippen molar-refractivity contribution in [1.29, 1.82) is 0 Å². The number of amides is 1. The van der Waals surface area contributed by atoms with E-state index in [9.17, 15) is 22.8 Å². The smallest absolute Gasteiger partial charge is 0.416 e. The fourth-order valence-electron chi connectivity index (χ4n) is 2.12. The summed E-state index contributed by atoms with van der Waals surface area (Å²) in [5, 5.41) is 8.95. The number of halogens is 3. The van der Waals surface area contributed by atoms with Gasteiger partial charge in [0.15, 0.2) is 0 Å². The molecule has 1 aliphatic rings. The van der Waals surface area contributed by atoms with Crippen LogP contribution in [0.3, 0.4) is 0 Å². The van der Waals surface area contributed by atoms with Crippen molar-refractivity contribution in [1.82, 2.24) is 4.90 Å². The Bertz CT molecular complexity index is 564. The quantitative estimate of drug-likeness (QED) is 0.908. The molecule has 0 saturated heterocycles. The molecule has 1 atom stereocenters. The van der Waals surface area contributed by atoms with E-state index >= 15 is 0 Å². The van der Waals surface area contributed by atoms with Crippen LogP contribution in [0, 0.1) is 5.92 Å². The summed E-state index contributed by atoms with van der Waals surface area (Å²) in [5.74, 6) is -2.16. The zero-order chi connectivity index (χ0) is 16.5. The van der Waals surface area contributed by atoms with Crippen molar-refractivity contribution >= 4 is 11.9 Å². The average Bonchev–Trinajstić information content (AvgIpc) is 3.27. The van der Waals surface area contributed by atoms with E-state index in [4.69, 9.17) is 5.11 Å². The highest BCUT2D eigenvalue weighted by molar-refractivity contribution is 5.95. The number of rotatable bonds is 5. The van der Waals surface area contributed by atoms with Gasteiger partial charge in [-0.25, -0.2) is 0 Å². The van der Waals surface area contributed by atoms with E-state index in [-0.39, 0.29) is 18.2 Å². The van der Waals surface area contributed by atoms with Crippen molar-refractivity contribution in [3.8, 4) is 0 Å². The minimum absolute atomic E-state index is 0.0170. The van der Waals surface area contributed by atoms with E-state index in [1.54, 1.807) is 0 Å². The van der Waals surface area contributed by atoms with Crippen molar-refractivity contribution < 1.29 is 27.9 Å². The normalized spacial score (nSPS) is 16.2. The number of hydrogen-bond acceptors (Lipinski definition) is 2. The lowest BCUT2D eigenvalue weighted by molar-refractivity contribution is -0.141. The first-order chi connectivity index (χ1) is 10.2. The van der Waals surface area contributed by atoms with Gasteiger partial charge < -0.3 is 10.0 Å². The number of nitrogens with zero attached hydrogens (tertiary/aromatic N) is 1. The Kier molecular flexibility index (Phi) is 4.44. The highest BCUT2D eigenvalue weighted by atomic mass is 19.4. The van der Waals surface area contributed by atoms with E-state index < -0.39 is 29.5 Å². The monoisotopic (exact) mass is 315 g/mol. The minimum Gasteiger partial charge on any atom is -0.481 e. The lowest BCUT2D eigenvalue weighted by Crippen LogP contribution is -2.38. The molecule has 1 aromatic carbocycles. The molecule has 0 radical (unpaired) electrons. The molecular weight excluding hydrogens is 299 g/mol. The number of carbonyl (C=O) groups excluding carboxylic acids is 1. The van der Waals surface area contributed by atoms with Crippen LogP contribution in [0.15, 0.2) is 24.3 Å². The number of hydrogen-bond donors (Lipinski definition) is 1. The van der Waals surface area contributed by atoms with Gasteiger partial charge in [-0.15, -0.1) is 0 Å². The predicted molar refractivity (Wildman–Crippen MR) is 72.3 cm³/mol. The van der Waals surface area contributed by atoms with Gasteiger partial charge in [-0.2, -0.15) is 13.2 Å². The van der Waals surface area contributed by atoms with Crippen molar-refractivity contribution in [2.24, 2.45) is 5.92 Å². The summed E-state index contributed by atoms with van der Waals surface area (Å²) >= 11 is 0. The Labute approximate surface area is 125 Å². The molecule has 0 bridgehead atoms. The fourth-order valence-corrected chi connectivity index (χ4v) is 2.12. The molecule has 1 amide bonds. The van der Waals surface area contributed by atoms with Gasteiger partial charge in [-0.3, -0.25) is 9.59 Å². The third-order valence-corrected chi connectivity index (χ3v) is 3.60. The van der Waals surface area contributed by atoms with Crippen LogP contribution in [-0.4, -0.2) is 34.5 Å². The van der Waals surface area contributed by atoms with Crippen LogP contribution in [0.2, 0.25) is 0 Å². The Hall–Kier alpha value is -2.05. The van der Waals surface area contributed by atoms with Crippen LogP contribution in [0.25, 0.3) is 0 Å². The molecule has 120 valence electrons. The third-order valence-electron chi connectivity index (χ3n) is 3.60. The highest BCUT2D eigenvalue weighted by Crippen LogP contribution is 2.31. The second-order valence-electron chi connectivity index (χ2n) is 5.50. The van der Waals surface area contributed by atoms with E-state index in [1.807, 2.05) is 0 Å². The van der Waals surface area contributed by atoms with Gasteiger partial charge in [0.2, 0.25) is 0 Å². The van der Waals surface area contributed by atoms with E-state index in [0.717, 1.165) is 37.1 Å². The maximum Gasteiger partial charge on any atom is 0.416 e. The molecule has 22 heavy (non-hydrogen) atoms. The number of benzene rings is 1. The molecule has 1 N–H and O–H groups in total. The largest absolute Gasteiger partial charge is 0.481 e. The van der Waals surface area contributed by atoms with Crippen LogP contribution in [0.5, 0.6) is 0 Å². The zero-order valence-corrected chi connectivity index (χ0v) is 11.9. The molecule has 0 aliphatic heterocycles. The second-order valence-corrected chi connectivity index (χ2v) is 5.50. The first-order valence-corrected chi connectivity index (χ1v) is 6.91. The third kappa shape index (κ3) is 3.78.